The Balaban J connectivity index is 1.62. The van der Waals surface area contributed by atoms with Crippen molar-refractivity contribution in [3.8, 4) is 0 Å². The summed E-state index contributed by atoms with van der Waals surface area (Å²) in [6.45, 7) is 2.97. The Morgan fingerprint density at radius 1 is 1.18 bits per heavy atom. The van der Waals surface area contributed by atoms with Crippen molar-refractivity contribution in [3.05, 3.63) is 41.3 Å². The van der Waals surface area contributed by atoms with Crippen LogP contribution in [0.15, 0.2) is 24.3 Å². The third kappa shape index (κ3) is 5.55. The molecular weight excluding hydrogens is 506 g/mol. The standard InChI is InChI=1S/C27H35N5O5S/c1-17-28-26-22(30-21-11-8-18(16-36-3)13-23(21)31(2)38(4,34)35)14-20(15-24(33)19-9-10-19)29-27(26)32(17)25-7-5-6-12-37-25/h8,11,13-14,19,25H,5-7,9-10,12,15-16H2,1-4H3,(H,29,30). The molecule has 1 N–H and O–H groups in total. The van der Waals surface area contributed by atoms with Gasteiger partial charge in [0.05, 0.1) is 35.6 Å². The van der Waals surface area contributed by atoms with Crippen molar-refractivity contribution in [2.24, 2.45) is 5.92 Å². The number of nitrogens with one attached hydrogen (secondary N) is 1. The molecule has 10 nitrogen and oxygen atoms in total. The number of fused-ring (bicyclic) bond motifs is 1. The van der Waals surface area contributed by atoms with E-state index in [9.17, 15) is 13.2 Å². The number of benzene rings is 1. The number of ketones is 1. The molecule has 2 fully saturated rings. The largest absolute Gasteiger partial charge is 0.380 e. The summed E-state index contributed by atoms with van der Waals surface area (Å²) in [5, 5.41) is 3.42. The minimum absolute atomic E-state index is 0.126. The maximum absolute atomic E-state index is 12.7. The van der Waals surface area contributed by atoms with Gasteiger partial charge in [-0.2, -0.15) is 0 Å². The van der Waals surface area contributed by atoms with E-state index in [1.54, 1.807) is 13.2 Å². The number of ether oxygens (including phenoxy) is 2. The van der Waals surface area contributed by atoms with Crippen LogP contribution in [0.1, 0.15) is 55.4 Å². The highest BCUT2D eigenvalue weighted by atomic mass is 32.2. The Labute approximate surface area is 223 Å². The first kappa shape index (κ1) is 26.6. The van der Waals surface area contributed by atoms with Gasteiger partial charge in [-0.25, -0.2) is 18.4 Å². The monoisotopic (exact) mass is 541 g/mol. The SMILES string of the molecule is COCc1ccc(Nc2cc(CC(=O)C3CC3)nc3c2nc(C)n3C2CCCCO2)c(N(C)S(C)(=O)=O)c1. The molecule has 38 heavy (non-hydrogen) atoms. The molecule has 1 aliphatic carbocycles. The number of aromatic nitrogens is 3. The topological polar surface area (TPSA) is 116 Å². The average molecular weight is 542 g/mol. The molecule has 1 saturated carbocycles. The highest BCUT2D eigenvalue weighted by Gasteiger charge is 2.30. The van der Waals surface area contributed by atoms with Crippen LogP contribution in [-0.2, 0) is 37.3 Å². The second-order valence-corrected chi connectivity index (χ2v) is 12.3. The molecule has 0 amide bonds. The molecule has 3 aromatic rings. The smallest absolute Gasteiger partial charge is 0.232 e. The van der Waals surface area contributed by atoms with Crippen LogP contribution in [0.3, 0.4) is 0 Å². The normalized spacial score (nSPS) is 18.1. The van der Waals surface area contributed by atoms with Gasteiger partial charge in [-0.3, -0.25) is 13.7 Å². The second-order valence-electron chi connectivity index (χ2n) is 10.2. The summed E-state index contributed by atoms with van der Waals surface area (Å²) in [6, 6.07) is 7.37. The fourth-order valence-electron chi connectivity index (χ4n) is 4.93. The van der Waals surface area contributed by atoms with Crippen LogP contribution in [0.2, 0.25) is 0 Å². The van der Waals surface area contributed by atoms with Gasteiger partial charge in [-0.15, -0.1) is 0 Å². The molecule has 2 aromatic heterocycles. The number of imidazole rings is 1. The van der Waals surface area contributed by atoms with Crippen LogP contribution in [-0.4, -0.2) is 55.8 Å². The zero-order valence-corrected chi connectivity index (χ0v) is 23.2. The Morgan fingerprint density at radius 3 is 2.63 bits per heavy atom. The summed E-state index contributed by atoms with van der Waals surface area (Å²) in [6.07, 6.45) is 6.08. The lowest BCUT2D eigenvalue weighted by Crippen LogP contribution is -2.25. The van der Waals surface area contributed by atoms with E-state index in [-0.39, 0.29) is 24.3 Å². The van der Waals surface area contributed by atoms with E-state index < -0.39 is 10.0 Å². The maximum Gasteiger partial charge on any atom is 0.232 e. The number of carbonyl (C=O) groups is 1. The van der Waals surface area contributed by atoms with Gasteiger partial charge < -0.3 is 14.8 Å². The predicted molar refractivity (Wildman–Crippen MR) is 146 cm³/mol. The van der Waals surface area contributed by atoms with Crippen molar-refractivity contribution in [2.45, 2.75) is 58.3 Å². The predicted octanol–water partition coefficient (Wildman–Crippen LogP) is 4.25. The Hall–Kier alpha value is -3.02. The Bertz CT molecular complexity index is 1460. The number of hydrogen-bond acceptors (Lipinski definition) is 8. The van der Waals surface area contributed by atoms with E-state index in [0.717, 1.165) is 43.5 Å². The van der Waals surface area contributed by atoms with Crippen LogP contribution in [0.4, 0.5) is 17.1 Å². The zero-order valence-electron chi connectivity index (χ0n) is 22.4. The number of nitrogens with zero attached hydrogens (tertiary/aromatic N) is 4. The number of anilines is 3. The summed E-state index contributed by atoms with van der Waals surface area (Å²) in [5.74, 6) is 1.10. The van der Waals surface area contributed by atoms with Gasteiger partial charge in [0, 0.05) is 33.1 Å². The molecule has 1 atom stereocenters. The molecule has 0 radical (unpaired) electrons. The number of sulfonamides is 1. The minimum Gasteiger partial charge on any atom is -0.380 e. The fraction of sp³-hybridized carbons (Fsp3) is 0.519. The summed E-state index contributed by atoms with van der Waals surface area (Å²) in [7, 11) is -0.412. The van der Waals surface area contributed by atoms with Crippen molar-refractivity contribution >= 4 is 44.0 Å². The number of pyridine rings is 1. The molecule has 0 spiro atoms. The van der Waals surface area contributed by atoms with Gasteiger partial charge in [0.15, 0.2) is 5.65 Å². The summed E-state index contributed by atoms with van der Waals surface area (Å²) in [5.41, 5.74) is 4.53. The van der Waals surface area contributed by atoms with Gasteiger partial charge in [-0.05, 0) is 62.8 Å². The molecular formula is C27H35N5O5S. The molecule has 11 heteroatoms. The molecule has 1 saturated heterocycles. The fourth-order valence-corrected chi connectivity index (χ4v) is 5.44. The van der Waals surface area contributed by atoms with Crippen molar-refractivity contribution in [3.63, 3.8) is 0 Å². The highest BCUT2D eigenvalue weighted by Crippen LogP contribution is 2.37. The number of methoxy groups -OCH3 is 1. The molecule has 1 unspecified atom stereocenters. The number of rotatable bonds is 10. The van der Waals surface area contributed by atoms with Crippen molar-refractivity contribution in [1.82, 2.24) is 14.5 Å². The second kappa shape index (κ2) is 10.6. The first-order chi connectivity index (χ1) is 18.2. The van der Waals surface area contributed by atoms with E-state index in [1.807, 2.05) is 29.7 Å². The van der Waals surface area contributed by atoms with Crippen LogP contribution >= 0.6 is 0 Å². The number of aryl methyl sites for hydroxylation is 1. The lowest BCUT2D eigenvalue weighted by molar-refractivity contribution is -0.119. The van der Waals surface area contributed by atoms with E-state index in [0.29, 0.717) is 47.1 Å². The van der Waals surface area contributed by atoms with Crippen LogP contribution in [0.25, 0.3) is 11.2 Å². The molecule has 2 aliphatic rings. The van der Waals surface area contributed by atoms with Gasteiger partial charge in [-0.1, -0.05) is 6.07 Å². The van der Waals surface area contributed by atoms with E-state index in [4.69, 9.17) is 19.4 Å². The summed E-state index contributed by atoms with van der Waals surface area (Å²) < 4.78 is 39.6. The minimum atomic E-state index is -3.53. The molecule has 5 rings (SSSR count). The van der Waals surface area contributed by atoms with Gasteiger partial charge in [0.25, 0.3) is 0 Å². The number of carbonyl (C=O) groups excluding carboxylic acids is 1. The van der Waals surface area contributed by atoms with Gasteiger partial charge in [0.1, 0.15) is 23.4 Å². The molecule has 1 aromatic carbocycles. The van der Waals surface area contributed by atoms with E-state index in [2.05, 4.69) is 5.32 Å². The van der Waals surface area contributed by atoms with Gasteiger partial charge in [0.2, 0.25) is 10.0 Å². The number of Topliss-reactive ketones (excluding diaryl/α,β-unsaturated/α-hetero) is 1. The number of hydrogen-bond donors (Lipinski definition) is 1. The quantitative estimate of drug-likeness (QED) is 0.405. The molecule has 3 heterocycles. The summed E-state index contributed by atoms with van der Waals surface area (Å²) in [4.78, 5) is 22.5. The van der Waals surface area contributed by atoms with Crippen LogP contribution in [0.5, 0.6) is 0 Å². The van der Waals surface area contributed by atoms with E-state index >= 15 is 0 Å². The molecule has 1 aliphatic heterocycles. The van der Waals surface area contributed by atoms with Crippen molar-refractivity contribution < 1.29 is 22.7 Å². The van der Waals surface area contributed by atoms with Crippen molar-refractivity contribution in [1.29, 1.82) is 0 Å². The van der Waals surface area contributed by atoms with Gasteiger partial charge >= 0.3 is 0 Å². The first-order valence-electron chi connectivity index (χ1n) is 13.0. The summed E-state index contributed by atoms with van der Waals surface area (Å²) >= 11 is 0. The first-order valence-corrected chi connectivity index (χ1v) is 14.9. The zero-order chi connectivity index (χ0) is 27.0. The van der Waals surface area contributed by atoms with Crippen LogP contribution < -0.4 is 9.62 Å². The lowest BCUT2D eigenvalue weighted by Gasteiger charge is -2.25. The Kier molecular flexibility index (Phi) is 7.43. The van der Waals surface area contributed by atoms with Crippen LogP contribution in [0, 0.1) is 12.8 Å². The lowest BCUT2D eigenvalue weighted by atomic mass is 10.1. The third-order valence-electron chi connectivity index (χ3n) is 7.19. The molecule has 204 valence electrons. The van der Waals surface area contributed by atoms with Crippen molar-refractivity contribution in [2.75, 3.05) is 36.6 Å². The average Bonchev–Trinajstić information content (AvgIpc) is 3.67. The highest BCUT2D eigenvalue weighted by molar-refractivity contribution is 7.92. The maximum atomic E-state index is 12.7. The molecule has 0 bridgehead atoms. The third-order valence-corrected chi connectivity index (χ3v) is 8.38. The van der Waals surface area contributed by atoms with E-state index in [1.165, 1.54) is 17.6 Å². The Morgan fingerprint density at radius 2 is 1.97 bits per heavy atom.